The number of benzene rings is 2. The highest BCUT2D eigenvalue weighted by Gasteiger charge is 2.37. The van der Waals surface area contributed by atoms with Crippen LogP contribution in [0.2, 0.25) is 0 Å². The number of carbonyl (C=O) groups excluding carboxylic acids is 1. The third kappa shape index (κ3) is 3.43. The number of aromatic amines is 1. The molecule has 0 aliphatic heterocycles. The summed E-state index contributed by atoms with van der Waals surface area (Å²) < 4.78 is 54.9. The molecule has 1 aromatic heterocycles. The number of aromatic hydroxyl groups is 1. The van der Waals surface area contributed by atoms with Gasteiger partial charge in [-0.05, 0) is 37.6 Å². The number of aromatic nitrogens is 1. The largest absolute Gasteiger partial charge is 0.506 e. The molecule has 9 heteroatoms. The third-order valence-corrected chi connectivity index (χ3v) is 4.56. The Labute approximate surface area is 162 Å². The Bertz CT molecular complexity index is 1170. The van der Waals surface area contributed by atoms with Crippen LogP contribution in [0.3, 0.4) is 0 Å². The van der Waals surface area contributed by atoms with Gasteiger partial charge in [-0.1, -0.05) is 18.2 Å². The Morgan fingerprint density at radius 3 is 2.41 bits per heavy atom. The van der Waals surface area contributed by atoms with E-state index in [9.17, 15) is 32.3 Å². The van der Waals surface area contributed by atoms with Crippen LogP contribution in [0.25, 0.3) is 10.9 Å². The standard InChI is InChI=1S/C20H16F4N2O3/c1-3-26(13-7-5-4-6-11(13)21)19(29)15-17(27)14-12(25-18(15)28)9-8-10(2)16(14)20(22,23)24/h4-9H,3H2,1-2H3,(H2,25,27,28). The molecule has 5 nitrogen and oxygen atoms in total. The molecule has 0 fully saturated rings. The molecule has 29 heavy (non-hydrogen) atoms. The molecule has 0 radical (unpaired) electrons. The number of amides is 1. The predicted molar refractivity (Wildman–Crippen MR) is 99.7 cm³/mol. The summed E-state index contributed by atoms with van der Waals surface area (Å²) in [6.07, 6.45) is -4.84. The first-order valence-corrected chi connectivity index (χ1v) is 8.60. The first-order chi connectivity index (χ1) is 13.6. The topological polar surface area (TPSA) is 73.4 Å². The minimum Gasteiger partial charge on any atom is -0.506 e. The second kappa shape index (κ2) is 7.23. The molecule has 0 atom stereocenters. The van der Waals surface area contributed by atoms with Crippen molar-refractivity contribution in [3.8, 4) is 5.75 Å². The van der Waals surface area contributed by atoms with Crippen LogP contribution in [-0.4, -0.2) is 22.5 Å². The number of hydrogen-bond acceptors (Lipinski definition) is 3. The molecule has 0 aliphatic rings. The van der Waals surface area contributed by atoms with Crippen LogP contribution in [0.4, 0.5) is 23.2 Å². The lowest BCUT2D eigenvalue weighted by molar-refractivity contribution is -0.136. The average molecular weight is 408 g/mol. The zero-order valence-corrected chi connectivity index (χ0v) is 15.4. The van der Waals surface area contributed by atoms with Gasteiger partial charge in [0.05, 0.1) is 22.2 Å². The maximum absolute atomic E-state index is 14.1. The van der Waals surface area contributed by atoms with Gasteiger partial charge in [-0.15, -0.1) is 0 Å². The Balaban J connectivity index is 2.31. The fraction of sp³-hybridized carbons (Fsp3) is 0.200. The van der Waals surface area contributed by atoms with Crippen molar-refractivity contribution in [2.45, 2.75) is 20.0 Å². The number of alkyl halides is 3. The number of anilines is 1. The van der Waals surface area contributed by atoms with Crippen molar-refractivity contribution < 1.29 is 27.5 Å². The maximum atomic E-state index is 14.1. The summed E-state index contributed by atoms with van der Waals surface area (Å²) in [5.41, 5.74) is -3.75. The number of pyridine rings is 1. The van der Waals surface area contributed by atoms with Crippen molar-refractivity contribution in [2.75, 3.05) is 11.4 Å². The van der Waals surface area contributed by atoms with Crippen LogP contribution in [0.1, 0.15) is 28.4 Å². The zero-order chi connectivity index (χ0) is 21.5. The van der Waals surface area contributed by atoms with E-state index >= 15 is 0 Å². The highest BCUT2D eigenvalue weighted by Crippen LogP contribution is 2.41. The van der Waals surface area contributed by atoms with Crippen LogP contribution in [0.15, 0.2) is 41.2 Å². The summed E-state index contributed by atoms with van der Waals surface area (Å²) in [4.78, 5) is 28.5. The molecule has 0 saturated carbocycles. The Morgan fingerprint density at radius 1 is 1.17 bits per heavy atom. The number of nitrogens with zero attached hydrogens (tertiary/aromatic N) is 1. The SMILES string of the molecule is CCN(C(=O)c1c(O)c2c(C(F)(F)F)c(C)ccc2[nH]c1=O)c1ccccc1F. The molecule has 152 valence electrons. The summed E-state index contributed by atoms with van der Waals surface area (Å²) in [7, 11) is 0. The smallest absolute Gasteiger partial charge is 0.417 e. The zero-order valence-electron chi connectivity index (χ0n) is 15.4. The van der Waals surface area contributed by atoms with Gasteiger partial charge in [0, 0.05) is 6.54 Å². The van der Waals surface area contributed by atoms with Crippen molar-refractivity contribution in [3.63, 3.8) is 0 Å². The van der Waals surface area contributed by atoms with Gasteiger partial charge >= 0.3 is 6.18 Å². The molecule has 3 aromatic rings. The van der Waals surface area contributed by atoms with E-state index in [1.54, 1.807) is 0 Å². The van der Waals surface area contributed by atoms with Crippen LogP contribution < -0.4 is 10.5 Å². The van der Waals surface area contributed by atoms with E-state index in [2.05, 4.69) is 4.98 Å². The van der Waals surface area contributed by atoms with E-state index in [0.29, 0.717) is 0 Å². The summed E-state index contributed by atoms with van der Waals surface area (Å²) >= 11 is 0. The van der Waals surface area contributed by atoms with Gasteiger partial charge in [0.2, 0.25) is 0 Å². The molecular weight excluding hydrogens is 392 g/mol. The molecule has 0 unspecified atom stereocenters. The maximum Gasteiger partial charge on any atom is 0.417 e. The van der Waals surface area contributed by atoms with Gasteiger partial charge < -0.3 is 15.0 Å². The number of carbonyl (C=O) groups is 1. The fourth-order valence-corrected chi connectivity index (χ4v) is 3.27. The van der Waals surface area contributed by atoms with Crippen molar-refractivity contribution >= 4 is 22.5 Å². The van der Waals surface area contributed by atoms with Crippen LogP contribution in [0, 0.1) is 12.7 Å². The number of H-pyrrole nitrogens is 1. The lowest BCUT2D eigenvalue weighted by Crippen LogP contribution is -2.35. The second-order valence-electron chi connectivity index (χ2n) is 6.36. The Hall–Kier alpha value is -3.36. The summed E-state index contributed by atoms with van der Waals surface area (Å²) in [5.74, 6) is -2.97. The van der Waals surface area contributed by atoms with Crippen LogP contribution in [0.5, 0.6) is 5.75 Å². The lowest BCUT2D eigenvalue weighted by atomic mass is 9.99. The molecule has 0 aliphatic carbocycles. The summed E-state index contributed by atoms with van der Waals surface area (Å²) in [6.45, 7) is 2.62. The lowest BCUT2D eigenvalue weighted by Gasteiger charge is -2.22. The van der Waals surface area contributed by atoms with Gasteiger partial charge in [0.15, 0.2) is 0 Å². The molecule has 0 spiro atoms. The summed E-state index contributed by atoms with van der Waals surface area (Å²) in [6, 6.07) is 7.61. The normalized spacial score (nSPS) is 11.7. The number of nitrogens with one attached hydrogen (secondary N) is 1. The molecule has 2 aromatic carbocycles. The second-order valence-corrected chi connectivity index (χ2v) is 6.36. The minimum atomic E-state index is -4.84. The van der Waals surface area contributed by atoms with E-state index in [-0.39, 0.29) is 23.3 Å². The molecule has 2 N–H and O–H groups in total. The van der Waals surface area contributed by atoms with Crippen molar-refractivity contribution in [1.82, 2.24) is 4.98 Å². The molecule has 1 heterocycles. The van der Waals surface area contributed by atoms with E-state index in [1.807, 2.05) is 0 Å². The van der Waals surface area contributed by atoms with Gasteiger partial charge in [0.1, 0.15) is 17.1 Å². The minimum absolute atomic E-state index is 0.0867. The molecule has 1 amide bonds. The molecule has 0 bridgehead atoms. The predicted octanol–water partition coefficient (Wildman–Crippen LogP) is 4.37. The molecular formula is C20H16F4N2O3. The first-order valence-electron chi connectivity index (χ1n) is 8.60. The van der Waals surface area contributed by atoms with Crippen LogP contribution >= 0.6 is 0 Å². The van der Waals surface area contributed by atoms with Gasteiger partial charge in [-0.3, -0.25) is 9.59 Å². The van der Waals surface area contributed by atoms with E-state index in [4.69, 9.17) is 0 Å². The van der Waals surface area contributed by atoms with Crippen molar-refractivity contribution in [1.29, 1.82) is 0 Å². The number of aryl methyl sites for hydroxylation is 1. The first kappa shape index (κ1) is 20.4. The Morgan fingerprint density at radius 2 is 1.83 bits per heavy atom. The van der Waals surface area contributed by atoms with E-state index < -0.39 is 45.7 Å². The monoisotopic (exact) mass is 408 g/mol. The number of hydrogen-bond donors (Lipinski definition) is 2. The quantitative estimate of drug-likeness (QED) is 0.633. The highest BCUT2D eigenvalue weighted by atomic mass is 19.4. The number of rotatable bonds is 3. The molecule has 3 rings (SSSR count). The van der Waals surface area contributed by atoms with E-state index in [0.717, 1.165) is 17.0 Å². The highest BCUT2D eigenvalue weighted by molar-refractivity contribution is 6.10. The number of halogens is 4. The van der Waals surface area contributed by atoms with Crippen molar-refractivity contribution in [3.05, 3.63) is 69.3 Å². The van der Waals surface area contributed by atoms with Gasteiger partial charge in [-0.25, -0.2) is 4.39 Å². The number of fused-ring (bicyclic) bond motifs is 1. The molecule has 0 saturated heterocycles. The summed E-state index contributed by atoms with van der Waals surface area (Å²) in [5, 5.41) is 9.88. The fourth-order valence-electron chi connectivity index (χ4n) is 3.27. The third-order valence-electron chi connectivity index (χ3n) is 4.56. The number of para-hydroxylation sites is 1. The average Bonchev–Trinajstić information content (AvgIpc) is 2.63. The van der Waals surface area contributed by atoms with Crippen LogP contribution in [-0.2, 0) is 6.18 Å². The van der Waals surface area contributed by atoms with Crippen molar-refractivity contribution in [2.24, 2.45) is 0 Å². The van der Waals surface area contributed by atoms with E-state index in [1.165, 1.54) is 38.1 Å². The Kier molecular flexibility index (Phi) is 5.08. The van der Waals surface area contributed by atoms with Gasteiger partial charge in [-0.2, -0.15) is 13.2 Å². The van der Waals surface area contributed by atoms with Gasteiger partial charge in [0.25, 0.3) is 11.5 Å².